The van der Waals surface area contributed by atoms with Crippen LogP contribution in [0.3, 0.4) is 0 Å². The normalized spacial score (nSPS) is 19.7. The molecule has 0 unspecified atom stereocenters. The Hall–Kier alpha value is -1.28. The Labute approximate surface area is 185 Å². The van der Waals surface area contributed by atoms with Gasteiger partial charge in [0.1, 0.15) is 11.3 Å². The molecule has 1 saturated carbocycles. The van der Waals surface area contributed by atoms with E-state index in [1.165, 1.54) is 57.0 Å². The molecule has 1 aromatic heterocycles. The highest BCUT2D eigenvalue weighted by Gasteiger charge is 2.27. The number of nitrogens with zero attached hydrogens (tertiary/aromatic N) is 2. The van der Waals surface area contributed by atoms with Gasteiger partial charge in [0.15, 0.2) is 5.96 Å². The average molecular weight is 496 g/mol. The standard InChI is InChI=1S/C22H32N4O.HI/c1-23-22(24-13-10-20-16-17-6-2-5-9-21(17)27-20)25-18-11-14-26(15-12-18)19-7-3-4-8-19;/h2,5-6,9,16,18-19H,3-4,7-8,10-15H2,1H3,(H2,23,24,25);1H. The smallest absolute Gasteiger partial charge is 0.191 e. The first-order valence-electron chi connectivity index (χ1n) is 10.5. The van der Waals surface area contributed by atoms with Crippen molar-refractivity contribution >= 4 is 40.9 Å². The third kappa shape index (κ3) is 5.41. The van der Waals surface area contributed by atoms with Gasteiger partial charge >= 0.3 is 0 Å². The van der Waals surface area contributed by atoms with Gasteiger partial charge in [-0.25, -0.2) is 0 Å². The number of guanidine groups is 1. The molecule has 1 aromatic carbocycles. The van der Waals surface area contributed by atoms with Gasteiger partial charge in [0, 0.05) is 50.6 Å². The summed E-state index contributed by atoms with van der Waals surface area (Å²) in [4.78, 5) is 7.11. The van der Waals surface area contributed by atoms with Gasteiger partial charge in [-0.05, 0) is 37.8 Å². The Bertz CT molecular complexity index is 728. The number of furan rings is 1. The van der Waals surface area contributed by atoms with Crippen LogP contribution in [0.5, 0.6) is 0 Å². The molecule has 2 heterocycles. The molecule has 2 aliphatic rings. The van der Waals surface area contributed by atoms with Crippen molar-refractivity contribution in [2.75, 3.05) is 26.7 Å². The van der Waals surface area contributed by atoms with E-state index in [4.69, 9.17) is 4.42 Å². The molecule has 154 valence electrons. The van der Waals surface area contributed by atoms with Crippen molar-refractivity contribution in [3.63, 3.8) is 0 Å². The first-order chi connectivity index (χ1) is 13.3. The largest absolute Gasteiger partial charge is 0.461 e. The highest BCUT2D eigenvalue weighted by molar-refractivity contribution is 14.0. The highest BCUT2D eigenvalue weighted by atomic mass is 127. The van der Waals surface area contributed by atoms with Gasteiger partial charge in [-0.3, -0.25) is 4.99 Å². The summed E-state index contributed by atoms with van der Waals surface area (Å²) in [7, 11) is 1.85. The number of aliphatic imine (C=N–C) groups is 1. The molecule has 2 fully saturated rings. The number of benzene rings is 1. The quantitative estimate of drug-likeness (QED) is 0.371. The summed E-state index contributed by atoms with van der Waals surface area (Å²) >= 11 is 0. The zero-order valence-corrected chi connectivity index (χ0v) is 19.2. The van der Waals surface area contributed by atoms with Crippen molar-refractivity contribution in [1.29, 1.82) is 0 Å². The first kappa shape index (κ1) is 21.4. The predicted octanol–water partition coefficient (Wildman–Crippen LogP) is 4.17. The van der Waals surface area contributed by atoms with Crippen molar-refractivity contribution in [3.05, 3.63) is 36.1 Å². The van der Waals surface area contributed by atoms with Gasteiger partial charge in [-0.15, -0.1) is 24.0 Å². The minimum absolute atomic E-state index is 0. The van der Waals surface area contributed by atoms with Crippen molar-refractivity contribution in [2.24, 2.45) is 4.99 Å². The summed E-state index contributed by atoms with van der Waals surface area (Å²) < 4.78 is 5.89. The third-order valence-corrected chi connectivity index (χ3v) is 6.08. The average Bonchev–Trinajstić information content (AvgIpc) is 3.37. The maximum atomic E-state index is 5.89. The Morgan fingerprint density at radius 3 is 2.61 bits per heavy atom. The summed E-state index contributed by atoms with van der Waals surface area (Å²) in [5, 5.41) is 8.22. The lowest BCUT2D eigenvalue weighted by atomic mass is 10.0. The van der Waals surface area contributed by atoms with Crippen LogP contribution in [0.2, 0.25) is 0 Å². The number of hydrogen-bond donors (Lipinski definition) is 2. The minimum Gasteiger partial charge on any atom is -0.461 e. The van der Waals surface area contributed by atoms with Crippen molar-refractivity contribution < 1.29 is 4.42 Å². The molecule has 1 aliphatic carbocycles. The van der Waals surface area contributed by atoms with E-state index < -0.39 is 0 Å². The topological polar surface area (TPSA) is 52.8 Å². The zero-order valence-electron chi connectivity index (χ0n) is 16.8. The van der Waals surface area contributed by atoms with E-state index in [1.807, 2.05) is 25.2 Å². The van der Waals surface area contributed by atoms with Gasteiger partial charge < -0.3 is 20.0 Å². The molecule has 0 amide bonds. The maximum Gasteiger partial charge on any atom is 0.191 e. The molecule has 0 atom stereocenters. The maximum absolute atomic E-state index is 5.89. The number of rotatable bonds is 5. The minimum atomic E-state index is 0. The molecule has 28 heavy (non-hydrogen) atoms. The number of piperidine rings is 1. The van der Waals surface area contributed by atoms with Gasteiger partial charge in [0.05, 0.1) is 0 Å². The van der Waals surface area contributed by atoms with Crippen molar-refractivity contribution in [2.45, 2.75) is 57.0 Å². The molecule has 2 N–H and O–H groups in total. The highest BCUT2D eigenvalue weighted by Crippen LogP contribution is 2.26. The predicted molar refractivity (Wildman–Crippen MR) is 127 cm³/mol. The summed E-state index contributed by atoms with van der Waals surface area (Å²) in [6.07, 6.45) is 8.93. The molecular weight excluding hydrogens is 463 g/mol. The first-order valence-corrected chi connectivity index (χ1v) is 10.5. The van der Waals surface area contributed by atoms with Crippen molar-refractivity contribution in [1.82, 2.24) is 15.5 Å². The fraction of sp³-hybridized carbons (Fsp3) is 0.591. The van der Waals surface area contributed by atoms with E-state index in [0.29, 0.717) is 6.04 Å². The Balaban J connectivity index is 0.00000225. The van der Waals surface area contributed by atoms with E-state index in [-0.39, 0.29) is 24.0 Å². The van der Waals surface area contributed by atoms with Gasteiger partial charge in [0.25, 0.3) is 0 Å². The summed E-state index contributed by atoms with van der Waals surface area (Å²) in [5.74, 6) is 1.93. The van der Waals surface area contributed by atoms with Crippen LogP contribution in [0.15, 0.2) is 39.7 Å². The van der Waals surface area contributed by atoms with E-state index in [0.717, 1.165) is 36.3 Å². The van der Waals surface area contributed by atoms with Crippen molar-refractivity contribution in [3.8, 4) is 0 Å². The number of para-hydroxylation sites is 1. The molecule has 0 radical (unpaired) electrons. The Morgan fingerprint density at radius 1 is 1.14 bits per heavy atom. The van der Waals surface area contributed by atoms with Crippen LogP contribution in [-0.2, 0) is 6.42 Å². The van der Waals surface area contributed by atoms with E-state index >= 15 is 0 Å². The Kier molecular flexibility index (Phi) is 8.02. The van der Waals surface area contributed by atoms with E-state index in [2.05, 4.69) is 32.7 Å². The summed E-state index contributed by atoms with van der Waals surface area (Å²) in [5.41, 5.74) is 0.962. The van der Waals surface area contributed by atoms with E-state index in [9.17, 15) is 0 Å². The number of fused-ring (bicyclic) bond motifs is 1. The fourth-order valence-corrected chi connectivity index (χ4v) is 4.53. The molecule has 4 rings (SSSR count). The second kappa shape index (κ2) is 10.5. The fourth-order valence-electron chi connectivity index (χ4n) is 4.53. The molecule has 2 aromatic rings. The number of hydrogen-bond acceptors (Lipinski definition) is 3. The van der Waals surface area contributed by atoms with Crippen LogP contribution < -0.4 is 10.6 Å². The second-order valence-corrected chi connectivity index (χ2v) is 7.89. The molecular formula is C22H33IN4O. The van der Waals surface area contributed by atoms with Crippen LogP contribution >= 0.6 is 24.0 Å². The second-order valence-electron chi connectivity index (χ2n) is 7.89. The molecule has 0 spiro atoms. The van der Waals surface area contributed by atoms with Crippen LogP contribution in [-0.4, -0.2) is 49.6 Å². The molecule has 5 nitrogen and oxygen atoms in total. The van der Waals surface area contributed by atoms with Crippen LogP contribution in [0.4, 0.5) is 0 Å². The van der Waals surface area contributed by atoms with Gasteiger partial charge in [0.2, 0.25) is 0 Å². The van der Waals surface area contributed by atoms with Crippen LogP contribution in [0.1, 0.15) is 44.3 Å². The lowest BCUT2D eigenvalue weighted by Gasteiger charge is -2.36. The molecule has 6 heteroatoms. The van der Waals surface area contributed by atoms with E-state index in [1.54, 1.807) is 0 Å². The summed E-state index contributed by atoms with van der Waals surface area (Å²) in [6.45, 7) is 3.26. The zero-order chi connectivity index (χ0) is 18.5. The molecule has 0 bridgehead atoms. The third-order valence-electron chi connectivity index (χ3n) is 6.08. The van der Waals surface area contributed by atoms with Gasteiger partial charge in [-0.1, -0.05) is 31.0 Å². The monoisotopic (exact) mass is 496 g/mol. The lowest BCUT2D eigenvalue weighted by molar-refractivity contribution is 0.150. The summed E-state index contributed by atoms with van der Waals surface area (Å²) in [6, 6.07) is 11.7. The van der Waals surface area contributed by atoms with Crippen LogP contribution in [0, 0.1) is 0 Å². The SMILES string of the molecule is CN=C(NCCc1cc2ccccc2o1)NC1CCN(C2CCCC2)CC1.I. The van der Waals surface area contributed by atoms with Gasteiger partial charge in [-0.2, -0.15) is 0 Å². The lowest BCUT2D eigenvalue weighted by Crippen LogP contribution is -2.50. The number of likely N-dealkylation sites (tertiary alicyclic amines) is 1. The number of halogens is 1. The molecule has 1 saturated heterocycles. The number of nitrogens with one attached hydrogen (secondary N) is 2. The Morgan fingerprint density at radius 2 is 1.89 bits per heavy atom. The van der Waals surface area contributed by atoms with Crippen LogP contribution in [0.25, 0.3) is 11.0 Å². The molecule has 1 aliphatic heterocycles.